The summed E-state index contributed by atoms with van der Waals surface area (Å²) in [7, 11) is -7.56. The second-order valence-electron chi connectivity index (χ2n) is 3.04. The smallest absolute Gasteiger partial charge is 0.243 e. The fraction of sp³-hybridized carbons (Fsp3) is 0.333. The molecule has 5 N–H and O–H groups in total. The molecule has 1 rings (SSSR count). The van der Waals surface area contributed by atoms with E-state index in [9.17, 15) is 16.8 Å². The lowest BCUT2D eigenvalue weighted by molar-refractivity contribution is 0.580. The Balaban J connectivity index is 2.73. The SMILES string of the molecule is Nc1ncc(S(=O)(=O)NCCS(N)(=O)=O)cn1. The number of nitrogens with two attached hydrogens (primary N) is 2. The molecule has 17 heavy (non-hydrogen) atoms. The van der Waals surface area contributed by atoms with Gasteiger partial charge in [0.05, 0.1) is 18.1 Å². The summed E-state index contributed by atoms with van der Waals surface area (Å²) in [4.78, 5) is 6.81. The van der Waals surface area contributed by atoms with Crippen LogP contribution < -0.4 is 15.6 Å². The second kappa shape index (κ2) is 4.91. The van der Waals surface area contributed by atoms with Crippen molar-refractivity contribution in [2.45, 2.75) is 4.90 Å². The Hall–Kier alpha value is -1.30. The molecule has 0 radical (unpaired) electrons. The zero-order chi connectivity index (χ0) is 13.1. The summed E-state index contributed by atoms with van der Waals surface area (Å²) < 4.78 is 46.4. The van der Waals surface area contributed by atoms with Gasteiger partial charge in [0.15, 0.2) is 0 Å². The van der Waals surface area contributed by atoms with Gasteiger partial charge in [-0.1, -0.05) is 0 Å². The Bertz CT molecular complexity index is 579. The van der Waals surface area contributed by atoms with E-state index in [1.165, 1.54) is 0 Å². The zero-order valence-corrected chi connectivity index (χ0v) is 10.2. The summed E-state index contributed by atoms with van der Waals surface area (Å²) in [5, 5.41) is 4.72. The van der Waals surface area contributed by atoms with E-state index in [1.54, 1.807) is 0 Å². The number of rotatable bonds is 5. The van der Waals surface area contributed by atoms with Crippen LogP contribution in [0.3, 0.4) is 0 Å². The Morgan fingerprint density at radius 3 is 2.18 bits per heavy atom. The highest BCUT2D eigenvalue weighted by molar-refractivity contribution is 7.90. The van der Waals surface area contributed by atoms with Gasteiger partial charge in [-0.15, -0.1) is 0 Å². The van der Waals surface area contributed by atoms with E-state index in [-0.39, 0.29) is 17.4 Å². The third kappa shape index (κ3) is 4.60. The quantitative estimate of drug-likeness (QED) is 0.543. The number of hydrogen-bond donors (Lipinski definition) is 3. The van der Waals surface area contributed by atoms with Gasteiger partial charge in [0.2, 0.25) is 26.0 Å². The zero-order valence-electron chi connectivity index (χ0n) is 8.57. The normalized spacial score (nSPS) is 12.5. The number of nitrogens with one attached hydrogen (secondary N) is 1. The van der Waals surface area contributed by atoms with Crippen molar-refractivity contribution in [1.82, 2.24) is 14.7 Å². The molecular weight excluding hydrogens is 270 g/mol. The molecule has 0 saturated carbocycles. The van der Waals surface area contributed by atoms with E-state index < -0.39 is 25.8 Å². The maximum Gasteiger partial charge on any atom is 0.243 e. The van der Waals surface area contributed by atoms with Crippen molar-refractivity contribution in [2.24, 2.45) is 5.14 Å². The monoisotopic (exact) mass is 281 g/mol. The van der Waals surface area contributed by atoms with Crippen LogP contribution in [0, 0.1) is 0 Å². The highest BCUT2D eigenvalue weighted by atomic mass is 32.2. The number of hydrogen-bond acceptors (Lipinski definition) is 7. The molecule has 9 nitrogen and oxygen atoms in total. The highest BCUT2D eigenvalue weighted by Crippen LogP contribution is 2.05. The Morgan fingerprint density at radius 1 is 1.18 bits per heavy atom. The lowest BCUT2D eigenvalue weighted by Gasteiger charge is -2.05. The third-order valence-corrected chi connectivity index (χ3v) is 3.83. The minimum Gasteiger partial charge on any atom is -0.368 e. The van der Waals surface area contributed by atoms with Crippen molar-refractivity contribution in [1.29, 1.82) is 0 Å². The molecule has 0 saturated heterocycles. The first kappa shape index (κ1) is 13.8. The van der Waals surface area contributed by atoms with Crippen molar-refractivity contribution in [3.63, 3.8) is 0 Å². The van der Waals surface area contributed by atoms with Crippen molar-refractivity contribution in [2.75, 3.05) is 18.0 Å². The van der Waals surface area contributed by atoms with Gasteiger partial charge in [0.25, 0.3) is 0 Å². The molecule has 0 atom stereocenters. The molecular formula is C6H11N5O4S2. The third-order valence-electron chi connectivity index (χ3n) is 1.64. The van der Waals surface area contributed by atoms with E-state index in [1.807, 2.05) is 4.72 Å². The van der Waals surface area contributed by atoms with Gasteiger partial charge in [0, 0.05) is 6.54 Å². The maximum absolute atomic E-state index is 11.6. The molecule has 0 unspecified atom stereocenters. The predicted molar refractivity (Wildman–Crippen MR) is 59.6 cm³/mol. The van der Waals surface area contributed by atoms with E-state index in [0.29, 0.717) is 0 Å². The van der Waals surface area contributed by atoms with Gasteiger partial charge < -0.3 is 5.73 Å². The van der Waals surface area contributed by atoms with Gasteiger partial charge >= 0.3 is 0 Å². The molecule has 0 bridgehead atoms. The topological polar surface area (TPSA) is 158 Å². The molecule has 0 aliphatic carbocycles. The Labute approximate surface area is 98.4 Å². The largest absolute Gasteiger partial charge is 0.368 e. The average molecular weight is 281 g/mol. The fourth-order valence-electron chi connectivity index (χ4n) is 0.867. The van der Waals surface area contributed by atoms with Crippen molar-refractivity contribution < 1.29 is 16.8 Å². The van der Waals surface area contributed by atoms with E-state index in [2.05, 4.69) is 9.97 Å². The van der Waals surface area contributed by atoms with Crippen LogP contribution in [-0.4, -0.2) is 39.1 Å². The van der Waals surface area contributed by atoms with Crippen molar-refractivity contribution >= 4 is 26.0 Å². The van der Waals surface area contributed by atoms with Crippen LogP contribution in [0.25, 0.3) is 0 Å². The summed E-state index contributed by atoms with van der Waals surface area (Å²) in [5.41, 5.74) is 5.19. The summed E-state index contributed by atoms with van der Waals surface area (Å²) >= 11 is 0. The van der Waals surface area contributed by atoms with Gasteiger partial charge in [-0.05, 0) is 0 Å². The average Bonchev–Trinajstić information content (AvgIpc) is 2.15. The summed E-state index contributed by atoms with van der Waals surface area (Å²) in [5.74, 6) is -0.560. The first-order valence-electron chi connectivity index (χ1n) is 4.28. The summed E-state index contributed by atoms with van der Waals surface area (Å²) in [6.45, 7) is -0.328. The van der Waals surface area contributed by atoms with Crippen LogP contribution in [-0.2, 0) is 20.0 Å². The summed E-state index contributed by atoms with van der Waals surface area (Å²) in [6, 6.07) is 0. The van der Waals surface area contributed by atoms with Crippen LogP contribution in [0.4, 0.5) is 5.95 Å². The van der Waals surface area contributed by atoms with Crippen LogP contribution in [0.15, 0.2) is 17.3 Å². The fourth-order valence-corrected chi connectivity index (χ4v) is 2.30. The number of primary sulfonamides is 1. The van der Waals surface area contributed by atoms with Crippen LogP contribution in [0.2, 0.25) is 0 Å². The molecule has 0 amide bonds. The number of nitrogen functional groups attached to an aromatic ring is 1. The molecule has 96 valence electrons. The Morgan fingerprint density at radius 2 is 1.71 bits per heavy atom. The van der Waals surface area contributed by atoms with Gasteiger partial charge in [0.1, 0.15) is 4.90 Å². The standard InChI is InChI=1S/C6H11N5O4S2/c7-6-9-3-5(4-10-6)17(14,15)11-1-2-16(8,12)13/h3-4,11H,1-2H2,(H2,7,9,10)(H2,8,12,13). The second-order valence-corrected chi connectivity index (χ2v) is 6.54. The molecule has 1 aromatic heterocycles. The minimum atomic E-state index is -3.85. The Kier molecular flexibility index (Phi) is 3.98. The van der Waals surface area contributed by atoms with Gasteiger partial charge in [-0.3, -0.25) is 0 Å². The number of nitrogens with zero attached hydrogens (tertiary/aromatic N) is 2. The molecule has 1 aromatic rings. The molecule has 0 spiro atoms. The van der Waals surface area contributed by atoms with Crippen molar-refractivity contribution in [3.8, 4) is 0 Å². The van der Waals surface area contributed by atoms with Gasteiger partial charge in [-0.25, -0.2) is 36.7 Å². The molecule has 0 aliphatic rings. The highest BCUT2D eigenvalue weighted by Gasteiger charge is 2.15. The van der Waals surface area contributed by atoms with E-state index >= 15 is 0 Å². The lowest BCUT2D eigenvalue weighted by Crippen LogP contribution is -2.31. The van der Waals surface area contributed by atoms with Crippen LogP contribution in [0.1, 0.15) is 0 Å². The number of sulfonamides is 2. The van der Waals surface area contributed by atoms with Crippen LogP contribution in [0.5, 0.6) is 0 Å². The molecule has 0 aromatic carbocycles. The van der Waals surface area contributed by atoms with Gasteiger partial charge in [-0.2, -0.15) is 0 Å². The molecule has 11 heteroatoms. The molecule has 0 aliphatic heterocycles. The first-order valence-corrected chi connectivity index (χ1v) is 7.48. The van der Waals surface area contributed by atoms with E-state index in [4.69, 9.17) is 10.9 Å². The van der Waals surface area contributed by atoms with Crippen molar-refractivity contribution in [3.05, 3.63) is 12.4 Å². The minimum absolute atomic E-state index is 0.0616. The van der Waals surface area contributed by atoms with E-state index in [0.717, 1.165) is 12.4 Å². The number of aromatic nitrogens is 2. The summed E-state index contributed by atoms with van der Waals surface area (Å²) in [6.07, 6.45) is 2.03. The van der Waals surface area contributed by atoms with Crippen LogP contribution >= 0.6 is 0 Å². The number of anilines is 1. The maximum atomic E-state index is 11.6. The lowest BCUT2D eigenvalue weighted by atomic mass is 10.7. The predicted octanol–water partition coefficient (Wildman–Crippen LogP) is -2.37. The first-order chi connectivity index (χ1) is 7.71. The molecule has 0 fully saturated rings. The molecule has 1 heterocycles.